The lowest BCUT2D eigenvalue weighted by Crippen LogP contribution is -2.34. The van der Waals surface area contributed by atoms with Crippen LogP contribution in [0.1, 0.15) is 24.0 Å². The number of piperidine rings is 1. The van der Waals surface area contributed by atoms with Crippen LogP contribution in [0.4, 0.5) is 0 Å². The van der Waals surface area contributed by atoms with Gasteiger partial charge in [-0.05, 0) is 38.1 Å². The predicted molar refractivity (Wildman–Crippen MR) is 74.5 cm³/mol. The third kappa shape index (κ3) is 3.80. The summed E-state index contributed by atoms with van der Waals surface area (Å²) in [5.74, 6) is 0. The normalized spacial score (nSPS) is 18.1. The first-order chi connectivity index (χ1) is 8.79. The number of hydrogen-bond acceptors (Lipinski definition) is 3. The lowest BCUT2D eigenvalue weighted by atomic mass is 10.1. The lowest BCUT2D eigenvalue weighted by molar-refractivity contribution is 0.00185. The molecule has 0 radical (unpaired) electrons. The zero-order chi connectivity index (χ0) is 12.8. The van der Waals surface area contributed by atoms with E-state index in [9.17, 15) is 0 Å². The van der Waals surface area contributed by atoms with Gasteiger partial charge in [-0.15, -0.1) is 0 Å². The Hall–Kier alpha value is -0.900. The molecule has 18 heavy (non-hydrogen) atoms. The van der Waals surface area contributed by atoms with E-state index in [4.69, 9.17) is 4.74 Å². The first-order valence-electron chi connectivity index (χ1n) is 6.81. The van der Waals surface area contributed by atoms with Crippen molar-refractivity contribution in [3.05, 3.63) is 35.4 Å². The molecular weight excluding hydrogens is 224 g/mol. The molecule has 100 valence electrons. The van der Waals surface area contributed by atoms with Gasteiger partial charge in [0, 0.05) is 19.6 Å². The van der Waals surface area contributed by atoms with Crippen molar-refractivity contribution in [2.24, 2.45) is 0 Å². The van der Waals surface area contributed by atoms with Gasteiger partial charge in [0.1, 0.15) is 0 Å². The van der Waals surface area contributed by atoms with Gasteiger partial charge in [-0.3, -0.25) is 0 Å². The summed E-state index contributed by atoms with van der Waals surface area (Å²) in [6, 6.07) is 8.52. The molecule has 0 amide bonds. The van der Waals surface area contributed by atoms with Gasteiger partial charge >= 0.3 is 0 Å². The van der Waals surface area contributed by atoms with E-state index < -0.39 is 0 Å². The van der Waals surface area contributed by atoms with Gasteiger partial charge in [0.05, 0.1) is 12.7 Å². The average Bonchev–Trinajstić information content (AvgIpc) is 2.40. The molecule has 0 spiro atoms. The molecular formula is C15H24N2O. The fraction of sp³-hybridized carbons (Fsp3) is 0.600. The van der Waals surface area contributed by atoms with Crippen molar-refractivity contribution in [3.63, 3.8) is 0 Å². The first-order valence-corrected chi connectivity index (χ1v) is 6.81. The van der Waals surface area contributed by atoms with E-state index in [2.05, 4.69) is 41.5 Å². The smallest absolute Gasteiger partial charge is 0.0723 e. The van der Waals surface area contributed by atoms with E-state index in [1.54, 1.807) is 0 Å². The van der Waals surface area contributed by atoms with Crippen LogP contribution in [-0.2, 0) is 17.9 Å². The van der Waals surface area contributed by atoms with Crippen LogP contribution in [0.2, 0.25) is 0 Å². The molecule has 0 unspecified atom stereocenters. The standard InChI is InChI=1S/C15H24N2O/c1-16-11-13-5-3-4-6-14(13)12-18-15-7-9-17(2)10-8-15/h3-6,15-16H,7-12H2,1-2H3. The summed E-state index contributed by atoms with van der Waals surface area (Å²) in [5.41, 5.74) is 2.65. The van der Waals surface area contributed by atoms with Crippen molar-refractivity contribution in [3.8, 4) is 0 Å². The van der Waals surface area contributed by atoms with Crippen LogP contribution in [0.5, 0.6) is 0 Å². The Kier molecular flexibility index (Phi) is 5.17. The first kappa shape index (κ1) is 13.5. The summed E-state index contributed by atoms with van der Waals surface area (Å²) < 4.78 is 6.05. The van der Waals surface area contributed by atoms with E-state index in [0.717, 1.165) is 39.1 Å². The Labute approximate surface area is 110 Å². The van der Waals surface area contributed by atoms with Crippen molar-refractivity contribution >= 4 is 0 Å². The molecule has 1 aliphatic heterocycles. The monoisotopic (exact) mass is 248 g/mol. The Balaban J connectivity index is 1.86. The molecule has 1 aromatic carbocycles. The summed E-state index contributed by atoms with van der Waals surface area (Å²) in [7, 11) is 4.16. The topological polar surface area (TPSA) is 24.5 Å². The summed E-state index contributed by atoms with van der Waals surface area (Å²) in [6.07, 6.45) is 2.75. The van der Waals surface area contributed by atoms with Crippen LogP contribution in [0.25, 0.3) is 0 Å². The van der Waals surface area contributed by atoms with Crippen molar-refractivity contribution in [2.75, 3.05) is 27.2 Å². The average molecular weight is 248 g/mol. The van der Waals surface area contributed by atoms with Gasteiger partial charge in [0.2, 0.25) is 0 Å². The van der Waals surface area contributed by atoms with E-state index in [0.29, 0.717) is 6.10 Å². The SMILES string of the molecule is CNCc1ccccc1COC1CCN(C)CC1. The Morgan fingerprint density at radius 1 is 1.22 bits per heavy atom. The van der Waals surface area contributed by atoms with Crippen LogP contribution in [0.15, 0.2) is 24.3 Å². The highest BCUT2D eigenvalue weighted by atomic mass is 16.5. The summed E-state index contributed by atoms with van der Waals surface area (Å²) in [5, 5.41) is 3.21. The molecule has 0 saturated carbocycles. The van der Waals surface area contributed by atoms with Gasteiger partial charge in [-0.25, -0.2) is 0 Å². The maximum atomic E-state index is 6.05. The second-order valence-corrected chi connectivity index (χ2v) is 5.11. The van der Waals surface area contributed by atoms with Crippen LogP contribution in [0.3, 0.4) is 0 Å². The van der Waals surface area contributed by atoms with Crippen LogP contribution in [0, 0.1) is 0 Å². The third-order valence-corrected chi connectivity index (χ3v) is 3.63. The molecule has 1 heterocycles. The number of hydrogen-bond donors (Lipinski definition) is 1. The quantitative estimate of drug-likeness (QED) is 0.863. The number of rotatable bonds is 5. The zero-order valence-electron chi connectivity index (χ0n) is 11.5. The van der Waals surface area contributed by atoms with Crippen molar-refractivity contribution in [2.45, 2.75) is 32.1 Å². The molecule has 1 fully saturated rings. The van der Waals surface area contributed by atoms with E-state index >= 15 is 0 Å². The highest BCUT2D eigenvalue weighted by Gasteiger charge is 2.17. The van der Waals surface area contributed by atoms with Crippen LogP contribution in [-0.4, -0.2) is 38.2 Å². The number of nitrogens with zero attached hydrogens (tertiary/aromatic N) is 1. The second kappa shape index (κ2) is 6.88. The number of ether oxygens (including phenoxy) is 1. The molecule has 0 bridgehead atoms. The minimum Gasteiger partial charge on any atom is -0.373 e. The fourth-order valence-corrected chi connectivity index (χ4v) is 2.42. The number of nitrogens with one attached hydrogen (secondary N) is 1. The van der Waals surface area contributed by atoms with E-state index in [1.165, 1.54) is 11.1 Å². The summed E-state index contributed by atoms with van der Waals surface area (Å²) in [6.45, 7) is 3.96. The highest BCUT2D eigenvalue weighted by molar-refractivity contribution is 5.26. The van der Waals surface area contributed by atoms with Gasteiger partial charge in [0.25, 0.3) is 0 Å². The number of likely N-dealkylation sites (tertiary alicyclic amines) is 1. The molecule has 1 aliphatic rings. The fourth-order valence-electron chi connectivity index (χ4n) is 2.42. The van der Waals surface area contributed by atoms with Crippen LogP contribution >= 0.6 is 0 Å². The van der Waals surface area contributed by atoms with Gasteiger partial charge in [0.15, 0.2) is 0 Å². The summed E-state index contributed by atoms with van der Waals surface area (Å²) in [4.78, 5) is 2.37. The molecule has 3 heteroatoms. The maximum Gasteiger partial charge on any atom is 0.0723 e. The predicted octanol–water partition coefficient (Wildman–Crippen LogP) is 2.02. The highest BCUT2D eigenvalue weighted by Crippen LogP contribution is 2.16. The third-order valence-electron chi connectivity index (χ3n) is 3.63. The van der Waals surface area contributed by atoms with Gasteiger partial charge in [-0.1, -0.05) is 24.3 Å². The van der Waals surface area contributed by atoms with Crippen molar-refractivity contribution < 1.29 is 4.74 Å². The largest absolute Gasteiger partial charge is 0.373 e. The maximum absolute atomic E-state index is 6.05. The second-order valence-electron chi connectivity index (χ2n) is 5.11. The van der Waals surface area contributed by atoms with Crippen molar-refractivity contribution in [1.29, 1.82) is 0 Å². The van der Waals surface area contributed by atoms with Crippen LogP contribution < -0.4 is 5.32 Å². The molecule has 3 nitrogen and oxygen atoms in total. The Bertz CT molecular complexity index is 359. The Morgan fingerprint density at radius 2 is 1.89 bits per heavy atom. The molecule has 0 aromatic heterocycles. The summed E-state index contributed by atoms with van der Waals surface area (Å²) >= 11 is 0. The van der Waals surface area contributed by atoms with E-state index in [-0.39, 0.29) is 0 Å². The van der Waals surface area contributed by atoms with E-state index in [1.807, 2.05) is 7.05 Å². The molecule has 1 aromatic rings. The molecule has 1 saturated heterocycles. The zero-order valence-corrected chi connectivity index (χ0v) is 11.5. The minimum absolute atomic E-state index is 0.434. The van der Waals surface area contributed by atoms with Crippen molar-refractivity contribution in [1.82, 2.24) is 10.2 Å². The van der Waals surface area contributed by atoms with Gasteiger partial charge < -0.3 is 15.0 Å². The Morgan fingerprint density at radius 3 is 2.56 bits per heavy atom. The van der Waals surface area contributed by atoms with Gasteiger partial charge in [-0.2, -0.15) is 0 Å². The molecule has 1 N–H and O–H groups in total. The molecule has 2 rings (SSSR count). The molecule has 0 aliphatic carbocycles. The lowest BCUT2D eigenvalue weighted by Gasteiger charge is -2.29. The minimum atomic E-state index is 0.434. The number of benzene rings is 1. The molecule has 0 atom stereocenters.